The summed E-state index contributed by atoms with van der Waals surface area (Å²) in [6.07, 6.45) is 0.808. The number of nitrogens with one attached hydrogen (secondary N) is 1. The van der Waals surface area contributed by atoms with E-state index in [4.69, 9.17) is 0 Å². The summed E-state index contributed by atoms with van der Waals surface area (Å²) in [7, 11) is 0. The van der Waals surface area contributed by atoms with Gasteiger partial charge in [-0.15, -0.1) is 5.10 Å². The van der Waals surface area contributed by atoms with E-state index in [1.807, 2.05) is 51.1 Å². The van der Waals surface area contributed by atoms with Crippen molar-refractivity contribution in [3.63, 3.8) is 0 Å². The molecule has 134 valence electrons. The molecule has 3 aromatic rings. The highest BCUT2D eigenvalue weighted by Gasteiger charge is 2.11. The van der Waals surface area contributed by atoms with Crippen molar-refractivity contribution in [3.8, 4) is 5.82 Å². The summed E-state index contributed by atoms with van der Waals surface area (Å²) in [4.78, 5) is 24.5. The summed E-state index contributed by atoms with van der Waals surface area (Å²) >= 11 is 0. The number of benzene rings is 1. The number of carbonyl (C=O) groups excluding carboxylic acids is 1. The molecule has 0 fully saturated rings. The average Bonchev–Trinajstić information content (AvgIpc) is 2.95. The summed E-state index contributed by atoms with van der Waals surface area (Å²) in [6.45, 7) is 5.66. The summed E-state index contributed by atoms with van der Waals surface area (Å²) in [5, 5.41) is 11.5. The second kappa shape index (κ2) is 7.35. The van der Waals surface area contributed by atoms with Gasteiger partial charge in [0, 0.05) is 17.4 Å². The molecule has 1 aromatic carbocycles. The van der Waals surface area contributed by atoms with Crippen molar-refractivity contribution in [3.05, 3.63) is 69.8 Å². The number of nitrogens with zero attached hydrogens (tertiary/aromatic N) is 4. The number of amides is 1. The van der Waals surface area contributed by atoms with Gasteiger partial charge in [-0.25, -0.2) is 9.36 Å². The van der Waals surface area contributed by atoms with E-state index in [1.54, 1.807) is 10.7 Å². The second-order valence-corrected chi connectivity index (χ2v) is 6.09. The smallest absolute Gasteiger partial charge is 0.267 e. The quantitative estimate of drug-likeness (QED) is 0.764. The van der Waals surface area contributed by atoms with Crippen LogP contribution >= 0.6 is 0 Å². The Morgan fingerprint density at radius 2 is 1.88 bits per heavy atom. The van der Waals surface area contributed by atoms with Crippen LogP contribution in [0.1, 0.15) is 23.9 Å². The first kappa shape index (κ1) is 17.6. The van der Waals surface area contributed by atoms with Crippen molar-refractivity contribution < 1.29 is 4.79 Å². The van der Waals surface area contributed by atoms with Crippen LogP contribution in [-0.2, 0) is 17.8 Å². The van der Waals surface area contributed by atoms with Crippen LogP contribution in [0, 0.1) is 13.8 Å². The van der Waals surface area contributed by atoms with Crippen molar-refractivity contribution in [2.75, 3.05) is 5.32 Å². The molecule has 2 aromatic heterocycles. The Morgan fingerprint density at radius 1 is 1.12 bits per heavy atom. The van der Waals surface area contributed by atoms with E-state index in [0.717, 1.165) is 33.7 Å². The molecule has 0 aliphatic rings. The number of anilines is 1. The molecule has 3 rings (SSSR count). The maximum Gasteiger partial charge on any atom is 0.267 e. The third kappa shape index (κ3) is 3.72. The highest BCUT2D eigenvalue weighted by molar-refractivity contribution is 5.91. The minimum absolute atomic E-state index is 0.163. The largest absolute Gasteiger partial charge is 0.324 e. The Morgan fingerprint density at radius 3 is 2.58 bits per heavy atom. The molecule has 0 atom stereocenters. The summed E-state index contributed by atoms with van der Waals surface area (Å²) in [5.74, 6) is 0.197. The van der Waals surface area contributed by atoms with E-state index < -0.39 is 0 Å². The number of aromatic nitrogens is 4. The zero-order valence-corrected chi connectivity index (χ0v) is 15.1. The van der Waals surface area contributed by atoms with Crippen LogP contribution in [-0.4, -0.2) is 25.5 Å². The standard InChI is InChI=1S/C19H21N5O2/c1-4-15-7-5-6-8-16(15)20-18(25)12-23-19(26)10-9-17(22-23)24-14(3)11-13(2)21-24/h5-11H,4,12H2,1-3H3,(H,20,25). The van der Waals surface area contributed by atoms with E-state index in [0.29, 0.717) is 5.82 Å². The Kier molecular flexibility index (Phi) is 4.97. The van der Waals surface area contributed by atoms with Crippen LogP contribution in [0.3, 0.4) is 0 Å². The predicted octanol–water partition coefficient (Wildman–Crippen LogP) is 2.25. The maximum atomic E-state index is 12.4. The van der Waals surface area contributed by atoms with Gasteiger partial charge in [0.2, 0.25) is 5.91 Å². The second-order valence-electron chi connectivity index (χ2n) is 6.09. The van der Waals surface area contributed by atoms with Gasteiger partial charge < -0.3 is 5.32 Å². The molecule has 7 nitrogen and oxygen atoms in total. The molecule has 0 spiro atoms. The summed E-state index contributed by atoms with van der Waals surface area (Å²) in [5.41, 5.74) is 3.21. The van der Waals surface area contributed by atoms with Gasteiger partial charge in [0.15, 0.2) is 5.82 Å². The van der Waals surface area contributed by atoms with E-state index in [2.05, 4.69) is 15.5 Å². The number of hydrogen-bond donors (Lipinski definition) is 1. The zero-order chi connectivity index (χ0) is 18.7. The lowest BCUT2D eigenvalue weighted by molar-refractivity contribution is -0.117. The van der Waals surface area contributed by atoms with Crippen LogP contribution in [0.2, 0.25) is 0 Å². The fraction of sp³-hybridized carbons (Fsp3) is 0.263. The van der Waals surface area contributed by atoms with E-state index >= 15 is 0 Å². The number of hydrogen-bond acceptors (Lipinski definition) is 4. The molecule has 7 heteroatoms. The fourth-order valence-corrected chi connectivity index (χ4v) is 2.80. The van der Waals surface area contributed by atoms with Crippen molar-refractivity contribution in [1.29, 1.82) is 0 Å². The van der Waals surface area contributed by atoms with E-state index in [-0.39, 0.29) is 18.0 Å². The van der Waals surface area contributed by atoms with Crippen molar-refractivity contribution in [1.82, 2.24) is 19.6 Å². The van der Waals surface area contributed by atoms with Crippen molar-refractivity contribution >= 4 is 11.6 Å². The Labute approximate surface area is 151 Å². The lowest BCUT2D eigenvalue weighted by Gasteiger charge is -2.11. The third-order valence-corrected chi connectivity index (χ3v) is 4.04. The molecular formula is C19H21N5O2. The van der Waals surface area contributed by atoms with Gasteiger partial charge in [0.05, 0.1) is 5.69 Å². The highest BCUT2D eigenvalue weighted by Crippen LogP contribution is 2.15. The molecule has 0 radical (unpaired) electrons. The van der Waals surface area contributed by atoms with E-state index in [9.17, 15) is 9.59 Å². The molecule has 0 unspecified atom stereocenters. The van der Waals surface area contributed by atoms with Gasteiger partial charge in [0.25, 0.3) is 5.56 Å². The molecule has 26 heavy (non-hydrogen) atoms. The van der Waals surface area contributed by atoms with Crippen LogP contribution in [0.5, 0.6) is 0 Å². The number of carbonyl (C=O) groups is 1. The van der Waals surface area contributed by atoms with Crippen LogP contribution in [0.15, 0.2) is 47.3 Å². The van der Waals surface area contributed by atoms with Crippen molar-refractivity contribution in [2.45, 2.75) is 33.7 Å². The number of aryl methyl sites for hydroxylation is 3. The zero-order valence-electron chi connectivity index (χ0n) is 15.1. The van der Waals surface area contributed by atoms with E-state index in [1.165, 1.54) is 6.07 Å². The van der Waals surface area contributed by atoms with Gasteiger partial charge in [-0.05, 0) is 44.0 Å². The lowest BCUT2D eigenvalue weighted by Crippen LogP contribution is -2.30. The number of para-hydroxylation sites is 1. The van der Waals surface area contributed by atoms with Gasteiger partial charge in [-0.1, -0.05) is 25.1 Å². The maximum absolute atomic E-state index is 12.4. The number of rotatable bonds is 5. The Bertz CT molecular complexity index is 1000. The predicted molar refractivity (Wildman–Crippen MR) is 99.5 cm³/mol. The first-order chi connectivity index (χ1) is 12.5. The van der Waals surface area contributed by atoms with Gasteiger partial charge in [-0.2, -0.15) is 5.10 Å². The normalized spacial score (nSPS) is 10.7. The molecule has 0 bridgehead atoms. The molecule has 2 heterocycles. The first-order valence-corrected chi connectivity index (χ1v) is 8.47. The van der Waals surface area contributed by atoms with Crippen LogP contribution in [0.25, 0.3) is 5.82 Å². The van der Waals surface area contributed by atoms with Gasteiger partial charge >= 0.3 is 0 Å². The average molecular weight is 351 g/mol. The minimum Gasteiger partial charge on any atom is -0.324 e. The van der Waals surface area contributed by atoms with Crippen LogP contribution in [0.4, 0.5) is 5.69 Å². The van der Waals surface area contributed by atoms with Crippen molar-refractivity contribution in [2.24, 2.45) is 0 Å². The molecule has 0 aliphatic heterocycles. The summed E-state index contributed by atoms with van der Waals surface area (Å²) < 4.78 is 2.80. The third-order valence-electron chi connectivity index (χ3n) is 4.04. The molecule has 1 amide bonds. The molecule has 0 saturated carbocycles. The Hall–Kier alpha value is -3.22. The Balaban J connectivity index is 1.83. The van der Waals surface area contributed by atoms with Gasteiger partial charge in [-0.3, -0.25) is 9.59 Å². The SMILES string of the molecule is CCc1ccccc1NC(=O)Cn1nc(-n2nc(C)cc2C)ccc1=O. The highest BCUT2D eigenvalue weighted by atomic mass is 16.2. The first-order valence-electron chi connectivity index (χ1n) is 8.47. The monoisotopic (exact) mass is 351 g/mol. The lowest BCUT2D eigenvalue weighted by atomic mass is 10.1. The van der Waals surface area contributed by atoms with Gasteiger partial charge in [0.1, 0.15) is 6.54 Å². The molecule has 1 N–H and O–H groups in total. The molecular weight excluding hydrogens is 330 g/mol. The fourth-order valence-electron chi connectivity index (χ4n) is 2.80. The summed E-state index contributed by atoms with van der Waals surface area (Å²) in [6, 6.07) is 12.5. The molecule has 0 aliphatic carbocycles. The molecule has 0 saturated heterocycles. The van der Waals surface area contributed by atoms with Crippen LogP contribution < -0.4 is 10.9 Å². The topological polar surface area (TPSA) is 81.8 Å². The minimum atomic E-state index is -0.339.